The van der Waals surface area contributed by atoms with Gasteiger partial charge in [-0.3, -0.25) is 0 Å². The van der Waals surface area contributed by atoms with Crippen molar-refractivity contribution in [3.8, 4) is 0 Å². The van der Waals surface area contributed by atoms with Crippen LogP contribution in [0.2, 0.25) is 0 Å². The Labute approximate surface area is 108 Å². The molecule has 0 amide bonds. The van der Waals surface area contributed by atoms with Crippen molar-refractivity contribution in [3.05, 3.63) is 59.2 Å². The van der Waals surface area contributed by atoms with Crippen molar-refractivity contribution in [1.29, 1.82) is 0 Å². The minimum Gasteiger partial charge on any atom is -0.313 e. The number of benzene rings is 1. The van der Waals surface area contributed by atoms with Gasteiger partial charge in [-0.25, -0.2) is 9.97 Å². The summed E-state index contributed by atoms with van der Waals surface area (Å²) in [7, 11) is 1.98. The molecule has 0 aliphatic carbocycles. The number of rotatable bonds is 4. The van der Waals surface area contributed by atoms with Crippen molar-refractivity contribution >= 4 is 0 Å². The topological polar surface area (TPSA) is 37.8 Å². The van der Waals surface area contributed by atoms with E-state index in [1.807, 2.05) is 27.0 Å². The third kappa shape index (κ3) is 3.14. The van der Waals surface area contributed by atoms with Crippen molar-refractivity contribution < 1.29 is 0 Å². The van der Waals surface area contributed by atoms with Crippen LogP contribution in [0.4, 0.5) is 0 Å². The Kier molecular flexibility index (Phi) is 4.05. The molecule has 1 atom stereocenters. The van der Waals surface area contributed by atoms with Crippen LogP contribution in [-0.2, 0) is 6.42 Å². The van der Waals surface area contributed by atoms with Crippen molar-refractivity contribution in [3.63, 3.8) is 0 Å². The fourth-order valence-electron chi connectivity index (χ4n) is 2.18. The predicted molar refractivity (Wildman–Crippen MR) is 73.5 cm³/mol. The molecule has 1 unspecified atom stereocenters. The zero-order chi connectivity index (χ0) is 13.0. The van der Waals surface area contributed by atoms with Crippen LogP contribution in [0.25, 0.3) is 0 Å². The van der Waals surface area contributed by atoms with Gasteiger partial charge in [-0.05, 0) is 32.5 Å². The van der Waals surface area contributed by atoms with Crippen molar-refractivity contribution in [2.45, 2.75) is 26.3 Å². The highest BCUT2D eigenvalue weighted by molar-refractivity contribution is 5.21. The molecule has 0 bridgehead atoms. The first-order valence-electron chi connectivity index (χ1n) is 6.22. The van der Waals surface area contributed by atoms with Gasteiger partial charge in [0.1, 0.15) is 5.82 Å². The SMILES string of the molecule is CNC(Cc1cc(C)nc(C)n1)c1ccccc1. The van der Waals surface area contributed by atoms with Gasteiger partial charge in [-0.2, -0.15) is 0 Å². The van der Waals surface area contributed by atoms with E-state index in [4.69, 9.17) is 0 Å². The minimum absolute atomic E-state index is 0.292. The standard InChI is InChI=1S/C15H19N3/c1-11-9-14(18-12(2)17-11)10-15(16-3)13-7-5-4-6-8-13/h4-9,15-16H,10H2,1-3H3. The number of likely N-dealkylation sites (N-methyl/N-ethyl adjacent to an activating group) is 1. The normalized spacial score (nSPS) is 12.4. The van der Waals surface area contributed by atoms with Gasteiger partial charge in [0.05, 0.1) is 0 Å². The van der Waals surface area contributed by atoms with Crippen LogP contribution < -0.4 is 5.32 Å². The molecule has 1 heterocycles. The zero-order valence-corrected chi connectivity index (χ0v) is 11.1. The summed E-state index contributed by atoms with van der Waals surface area (Å²) in [6, 6.07) is 12.8. The lowest BCUT2D eigenvalue weighted by Crippen LogP contribution is -2.19. The number of hydrogen-bond acceptors (Lipinski definition) is 3. The van der Waals surface area contributed by atoms with E-state index in [0.717, 1.165) is 23.6 Å². The molecule has 3 nitrogen and oxygen atoms in total. The number of aromatic nitrogens is 2. The Morgan fingerprint density at radius 3 is 2.44 bits per heavy atom. The van der Waals surface area contributed by atoms with E-state index in [1.54, 1.807) is 0 Å². The number of nitrogens with zero attached hydrogens (tertiary/aromatic N) is 2. The molecule has 0 aliphatic rings. The smallest absolute Gasteiger partial charge is 0.125 e. The molecule has 3 heteroatoms. The summed E-state index contributed by atoms with van der Waals surface area (Å²) in [5.74, 6) is 0.841. The Morgan fingerprint density at radius 1 is 1.11 bits per heavy atom. The molecule has 0 saturated carbocycles. The number of aryl methyl sites for hydroxylation is 2. The summed E-state index contributed by atoms with van der Waals surface area (Å²) in [5.41, 5.74) is 3.40. The second-order valence-corrected chi connectivity index (χ2v) is 4.50. The Bertz CT molecular complexity index is 488. The molecule has 2 rings (SSSR count). The lowest BCUT2D eigenvalue weighted by atomic mass is 10.0. The summed E-state index contributed by atoms with van der Waals surface area (Å²) in [6.07, 6.45) is 0.880. The molecule has 1 aromatic heterocycles. The highest BCUT2D eigenvalue weighted by Crippen LogP contribution is 2.17. The molecule has 18 heavy (non-hydrogen) atoms. The molecule has 2 aromatic rings. The maximum absolute atomic E-state index is 4.50. The molecular weight excluding hydrogens is 222 g/mol. The van der Waals surface area contributed by atoms with E-state index >= 15 is 0 Å². The van der Waals surface area contributed by atoms with Gasteiger partial charge in [0, 0.05) is 23.9 Å². The third-order valence-corrected chi connectivity index (χ3v) is 2.98. The summed E-state index contributed by atoms with van der Waals surface area (Å²) in [5, 5.41) is 3.35. The van der Waals surface area contributed by atoms with Crippen molar-refractivity contribution in [2.24, 2.45) is 0 Å². The second kappa shape index (κ2) is 5.74. The van der Waals surface area contributed by atoms with Gasteiger partial charge >= 0.3 is 0 Å². The van der Waals surface area contributed by atoms with E-state index in [2.05, 4.69) is 45.6 Å². The molecule has 94 valence electrons. The molecule has 1 aromatic carbocycles. The van der Waals surface area contributed by atoms with Crippen LogP contribution in [0, 0.1) is 13.8 Å². The average Bonchev–Trinajstić information content (AvgIpc) is 2.36. The maximum atomic E-state index is 4.50. The fourth-order valence-corrected chi connectivity index (χ4v) is 2.18. The fraction of sp³-hybridized carbons (Fsp3) is 0.333. The molecule has 0 fully saturated rings. The van der Waals surface area contributed by atoms with Gasteiger partial charge in [0.25, 0.3) is 0 Å². The van der Waals surface area contributed by atoms with E-state index in [-0.39, 0.29) is 0 Å². The highest BCUT2D eigenvalue weighted by atomic mass is 14.9. The van der Waals surface area contributed by atoms with Gasteiger partial charge in [-0.15, -0.1) is 0 Å². The van der Waals surface area contributed by atoms with E-state index < -0.39 is 0 Å². The summed E-state index contributed by atoms with van der Waals surface area (Å²) in [6.45, 7) is 3.95. The average molecular weight is 241 g/mol. The highest BCUT2D eigenvalue weighted by Gasteiger charge is 2.11. The monoisotopic (exact) mass is 241 g/mol. The van der Waals surface area contributed by atoms with Gasteiger partial charge < -0.3 is 5.32 Å². The van der Waals surface area contributed by atoms with Crippen LogP contribution in [-0.4, -0.2) is 17.0 Å². The summed E-state index contributed by atoms with van der Waals surface area (Å²) >= 11 is 0. The molecular formula is C15H19N3. The zero-order valence-electron chi connectivity index (χ0n) is 11.1. The lowest BCUT2D eigenvalue weighted by Gasteiger charge is -2.16. The van der Waals surface area contributed by atoms with E-state index in [1.165, 1.54) is 5.56 Å². The van der Waals surface area contributed by atoms with Crippen LogP contribution in [0.15, 0.2) is 36.4 Å². The molecule has 0 radical (unpaired) electrons. The molecule has 0 spiro atoms. The van der Waals surface area contributed by atoms with Gasteiger partial charge in [0.15, 0.2) is 0 Å². The summed E-state index contributed by atoms with van der Waals surface area (Å²) < 4.78 is 0. The van der Waals surface area contributed by atoms with Crippen LogP contribution in [0.1, 0.15) is 28.8 Å². The van der Waals surface area contributed by atoms with Crippen molar-refractivity contribution in [1.82, 2.24) is 15.3 Å². The van der Waals surface area contributed by atoms with Crippen LogP contribution in [0.3, 0.4) is 0 Å². The number of hydrogen-bond donors (Lipinski definition) is 1. The van der Waals surface area contributed by atoms with E-state index in [9.17, 15) is 0 Å². The van der Waals surface area contributed by atoms with Gasteiger partial charge in [-0.1, -0.05) is 30.3 Å². The lowest BCUT2D eigenvalue weighted by molar-refractivity contribution is 0.582. The first-order valence-corrected chi connectivity index (χ1v) is 6.22. The van der Waals surface area contributed by atoms with Crippen LogP contribution in [0.5, 0.6) is 0 Å². The maximum Gasteiger partial charge on any atom is 0.125 e. The molecule has 0 aliphatic heterocycles. The minimum atomic E-state index is 0.292. The quantitative estimate of drug-likeness (QED) is 0.894. The van der Waals surface area contributed by atoms with Crippen LogP contribution >= 0.6 is 0 Å². The third-order valence-electron chi connectivity index (χ3n) is 2.98. The largest absolute Gasteiger partial charge is 0.313 e. The Balaban J connectivity index is 2.20. The predicted octanol–water partition coefficient (Wildman–Crippen LogP) is 2.60. The first kappa shape index (κ1) is 12.7. The Morgan fingerprint density at radius 2 is 1.83 bits per heavy atom. The van der Waals surface area contributed by atoms with Gasteiger partial charge in [0.2, 0.25) is 0 Å². The van der Waals surface area contributed by atoms with Crippen molar-refractivity contribution in [2.75, 3.05) is 7.05 Å². The summed E-state index contributed by atoms with van der Waals surface area (Å²) in [4.78, 5) is 8.80. The Hall–Kier alpha value is -1.74. The second-order valence-electron chi connectivity index (χ2n) is 4.50. The molecule has 0 saturated heterocycles. The van der Waals surface area contributed by atoms with E-state index in [0.29, 0.717) is 6.04 Å². The first-order chi connectivity index (χ1) is 8.69. The number of nitrogens with one attached hydrogen (secondary N) is 1. The molecule has 1 N–H and O–H groups in total.